The van der Waals surface area contributed by atoms with Crippen LogP contribution in [0.15, 0.2) is 0 Å². The summed E-state index contributed by atoms with van der Waals surface area (Å²) in [6, 6.07) is 0. The molecular weight excluding hydrogens is 194 g/mol. The average Bonchev–Trinajstić information content (AvgIpc) is 2.08. The third-order valence-corrected chi connectivity index (χ3v) is 3.48. The van der Waals surface area contributed by atoms with E-state index in [9.17, 15) is 15.0 Å². The zero-order valence-electron chi connectivity index (χ0n) is 9.66. The number of rotatable bonds is 3. The van der Waals surface area contributed by atoms with Gasteiger partial charge in [-0.3, -0.25) is 4.79 Å². The number of aliphatic hydroxyl groups is 1. The lowest BCUT2D eigenvalue weighted by Gasteiger charge is -2.43. The van der Waals surface area contributed by atoms with Crippen LogP contribution in [0.4, 0.5) is 0 Å². The molecule has 4 nitrogen and oxygen atoms in total. The maximum atomic E-state index is 11.2. The van der Waals surface area contributed by atoms with Crippen molar-refractivity contribution < 1.29 is 15.0 Å². The predicted molar refractivity (Wildman–Crippen MR) is 57.6 cm³/mol. The summed E-state index contributed by atoms with van der Waals surface area (Å²) < 4.78 is 0. The SMILES string of the molecule is CC(C)C(C(=O)O)C1(O)CCNCC1C. The van der Waals surface area contributed by atoms with Crippen LogP contribution < -0.4 is 5.32 Å². The lowest BCUT2D eigenvalue weighted by molar-refractivity contribution is -0.164. The largest absolute Gasteiger partial charge is 0.481 e. The molecule has 0 aromatic carbocycles. The van der Waals surface area contributed by atoms with E-state index in [-0.39, 0.29) is 11.8 Å². The van der Waals surface area contributed by atoms with Crippen LogP contribution in [0.2, 0.25) is 0 Å². The molecule has 3 atom stereocenters. The Kier molecular flexibility index (Phi) is 3.73. The standard InChI is InChI=1S/C11H21NO3/c1-7(2)9(10(13)14)11(15)4-5-12-6-8(11)3/h7-9,12,15H,4-6H2,1-3H3,(H,13,14). The van der Waals surface area contributed by atoms with Crippen molar-refractivity contribution >= 4 is 5.97 Å². The third kappa shape index (κ3) is 2.32. The fourth-order valence-electron chi connectivity index (χ4n) is 2.57. The Labute approximate surface area is 90.7 Å². The Morgan fingerprint density at radius 3 is 2.53 bits per heavy atom. The average molecular weight is 215 g/mol. The van der Waals surface area contributed by atoms with E-state index in [1.807, 2.05) is 20.8 Å². The van der Waals surface area contributed by atoms with Crippen LogP contribution >= 0.6 is 0 Å². The molecule has 3 N–H and O–H groups in total. The molecule has 4 heteroatoms. The van der Waals surface area contributed by atoms with Crippen molar-refractivity contribution in [3.63, 3.8) is 0 Å². The normalized spacial score (nSPS) is 34.1. The van der Waals surface area contributed by atoms with Gasteiger partial charge in [0.15, 0.2) is 0 Å². The minimum absolute atomic E-state index is 0.0188. The van der Waals surface area contributed by atoms with Crippen molar-refractivity contribution in [1.82, 2.24) is 5.32 Å². The maximum absolute atomic E-state index is 11.2. The summed E-state index contributed by atoms with van der Waals surface area (Å²) in [4.78, 5) is 11.2. The Bertz CT molecular complexity index is 242. The number of carbonyl (C=O) groups is 1. The first-order chi connectivity index (χ1) is 6.89. The number of hydrogen-bond donors (Lipinski definition) is 3. The fraction of sp³-hybridized carbons (Fsp3) is 0.909. The second kappa shape index (κ2) is 4.49. The molecule has 1 rings (SSSR count). The highest BCUT2D eigenvalue weighted by Gasteiger charge is 2.48. The molecule has 1 aliphatic rings. The highest BCUT2D eigenvalue weighted by Crippen LogP contribution is 2.36. The van der Waals surface area contributed by atoms with Crippen LogP contribution in [0.3, 0.4) is 0 Å². The van der Waals surface area contributed by atoms with Gasteiger partial charge in [0.05, 0.1) is 11.5 Å². The summed E-state index contributed by atoms with van der Waals surface area (Å²) in [6.07, 6.45) is 0.517. The molecule has 1 fully saturated rings. The first-order valence-electron chi connectivity index (χ1n) is 5.55. The number of aliphatic carboxylic acids is 1. The first kappa shape index (κ1) is 12.5. The van der Waals surface area contributed by atoms with Crippen LogP contribution in [0.1, 0.15) is 27.2 Å². The Hall–Kier alpha value is -0.610. The lowest BCUT2D eigenvalue weighted by Crippen LogP contribution is -2.57. The van der Waals surface area contributed by atoms with E-state index in [0.29, 0.717) is 19.5 Å². The van der Waals surface area contributed by atoms with Gasteiger partial charge in [0.2, 0.25) is 0 Å². The molecule has 15 heavy (non-hydrogen) atoms. The molecule has 0 saturated carbocycles. The van der Waals surface area contributed by atoms with Gasteiger partial charge in [-0.05, 0) is 24.8 Å². The number of hydrogen-bond acceptors (Lipinski definition) is 3. The molecule has 0 aliphatic carbocycles. The summed E-state index contributed by atoms with van der Waals surface area (Å²) in [7, 11) is 0. The molecule has 0 amide bonds. The van der Waals surface area contributed by atoms with Gasteiger partial charge in [-0.25, -0.2) is 0 Å². The molecule has 0 aromatic heterocycles. The predicted octanol–water partition coefficient (Wildman–Crippen LogP) is 0.704. The number of carboxylic acids is 1. The molecule has 0 radical (unpaired) electrons. The molecular formula is C11H21NO3. The van der Waals surface area contributed by atoms with Gasteiger partial charge < -0.3 is 15.5 Å². The van der Waals surface area contributed by atoms with E-state index in [1.54, 1.807) is 0 Å². The Morgan fingerprint density at radius 1 is 1.53 bits per heavy atom. The van der Waals surface area contributed by atoms with Gasteiger partial charge in [0.25, 0.3) is 0 Å². The monoisotopic (exact) mass is 215 g/mol. The van der Waals surface area contributed by atoms with Gasteiger partial charge in [-0.15, -0.1) is 0 Å². The molecule has 0 bridgehead atoms. The van der Waals surface area contributed by atoms with Gasteiger partial charge in [-0.1, -0.05) is 20.8 Å². The molecule has 88 valence electrons. The second-order valence-corrected chi connectivity index (χ2v) is 4.91. The van der Waals surface area contributed by atoms with Gasteiger partial charge in [0, 0.05) is 6.54 Å². The van der Waals surface area contributed by atoms with Crippen molar-refractivity contribution in [1.29, 1.82) is 0 Å². The highest BCUT2D eigenvalue weighted by atomic mass is 16.4. The number of nitrogens with one attached hydrogen (secondary N) is 1. The van der Waals surface area contributed by atoms with E-state index in [2.05, 4.69) is 5.32 Å². The molecule has 1 aliphatic heterocycles. The van der Waals surface area contributed by atoms with E-state index < -0.39 is 17.5 Å². The van der Waals surface area contributed by atoms with Crippen LogP contribution in [-0.4, -0.2) is 34.9 Å². The summed E-state index contributed by atoms with van der Waals surface area (Å²) in [6.45, 7) is 6.99. The van der Waals surface area contributed by atoms with Gasteiger partial charge in [0.1, 0.15) is 0 Å². The number of carboxylic acid groups (broad SMARTS) is 1. The topological polar surface area (TPSA) is 69.6 Å². The van der Waals surface area contributed by atoms with Crippen molar-refractivity contribution in [3.8, 4) is 0 Å². The molecule has 0 spiro atoms. The number of piperidine rings is 1. The van der Waals surface area contributed by atoms with Crippen molar-refractivity contribution in [2.45, 2.75) is 32.8 Å². The lowest BCUT2D eigenvalue weighted by atomic mass is 9.69. The van der Waals surface area contributed by atoms with Crippen LogP contribution in [0.5, 0.6) is 0 Å². The zero-order chi connectivity index (χ0) is 11.6. The van der Waals surface area contributed by atoms with Crippen molar-refractivity contribution in [2.24, 2.45) is 17.8 Å². The smallest absolute Gasteiger partial charge is 0.309 e. The molecule has 0 aromatic rings. The molecule has 3 unspecified atom stereocenters. The first-order valence-corrected chi connectivity index (χ1v) is 5.55. The fourth-order valence-corrected chi connectivity index (χ4v) is 2.57. The minimum atomic E-state index is -1.06. The van der Waals surface area contributed by atoms with E-state index in [0.717, 1.165) is 0 Å². The van der Waals surface area contributed by atoms with Crippen molar-refractivity contribution in [3.05, 3.63) is 0 Å². The summed E-state index contributed by atoms with van der Waals surface area (Å²) in [5.74, 6) is -1.63. The molecule has 1 heterocycles. The van der Waals surface area contributed by atoms with Crippen LogP contribution in [-0.2, 0) is 4.79 Å². The second-order valence-electron chi connectivity index (χ2n) is 4.91. The van der Waals surface area contributed by atoms with E-state index in [1.165, 1.54) is 0 Å². The summed E-state index contributed by atoms with van der Waals surface area (Å²) in [5, 5.41) is 22.9. The minimum Gasteiger partial charge on any atom is -0.481 e. The third-order valence-electron chi connectivity index (χ3n) is 3.48. The van der Waals surface area contributed by atoms with Gasteiger partial charge >= 0.3 is 5.97 Å². The van der Waals surface area contributed by atoms with E-state index >= 15 is 0 Å². The molecule has 1 saturated heterocycles. The Balaban J connectivity index is 2.93. The quantitative estimate of drug-likeness (QED) is 0.648. The van der Waals surface area contributed by atoms with E-state index in [4.69, 9.17) is 0 Å². The summed E-state index contributed by atoms with van der Waals surface area (Å²) >= 11 is 0. The van der Waals surface area contributed by atoms with Crippen LogP contribution in [0.25, 0.3) is 0 Å². The zero-order valence-corrected chi connectivity index (χ0v) is 9.66. The highest BCUT2D eigenvalue weighted by molar-refractivity contribution is 5.72. The van der Waals surface area contributed by atoms with Crippen molar-refractivity contribution in [2.75, 3.05) is 13.1 Å². The summed E-state index contributed by atoms with van der Waals surface area (Å²) in [5.41, 5.74) is -1.06. The van der Waals surface area contributed by atoms with Crippen LogP contribution in [0, 0.1) is 17.8 Å². The van der Waals surface area contributed by atoms with Gasteiger partial charge in [-0.2, -0.15) is 0 Å². The maximum Gasteiger partial charge on any atom is 0.309 e. The Morgan fingerprint density at radius 2 is 2.13 bits per heavy atom.